The van der Waals surface area contributed by atoms with Gasteiger partial charge in [-0.25, -0.2) is 9.97 Å². The van der Waals surface area contributed by atoms with E-state index >= 15 is 0 Å². The molecule has 2 fully saturated rings. The molecule has 7 nitrogen and oxygen atoms in total. The molecule has 28 heavy (non-hydrogen) atoms. The van der Waals surface area contributed by atoms with Crippen LogP contribution in [0.25, 0.3) is 10.9 Å². The highest BCUT2D eigenvalue weighted by molar-refractivity contribution is 5.81. The molecule has 0 spiro atoms. The summed E-state index contributed by atoms with van der Waals surface area (Å²) < 4.78 is 7.19. The molecule has 1 aliphatic heterocycles. The minimum Gasteiger partial charge on any atom is -0.448 e. The molecule has 5 rings (SSSR count). The van der Waals surface area contributed by atoms with Crippen molar-refractivity contribution in [1.29, 1.82) is 0 Å². The zero-order valence-corrected chi connectivity index (χ0v) is 16.0. The van der Waals surface area contributed by atoms with Crippen molar-refractivity contribution < 1.29 is 4.42 Å². The summed E-state index contributed by atoms with van der Waals surface area (Å²) in [5, 5.41) is 0.723. The molecule has 0 unspecified atom stereocenters. The van der Waals surface area contributed by atoms with Gasteiger partial charge in [0.2, 0.25) is 5.89 Å². The molecule has 3 heterocycles. The van der Waals surface area contributed by atoms with E-state index in [0.717, 1.165) is 68.0 Å². The Bertz CT molecular complexity index is 999. The molecule has 0 amide bonds. The van der Waals surface area contributed by atoms with Crippen LogP contribution in [-0.2, 0) is 6.54 Å². The van der Waals surface area contributed by atoms with Gasteiger partial charge in [-0.15, -0.1) is 0 Å². The lowest BCUT2D eigenvalue weighted by Crippen LogP contribution is -2.46. The van der Waals surface area contributed by atoms with E-state index in [2.05, 4.69) is 31.9 Å². The van der Waals surface area contributed by atoms with Crippen LogP contribution in [-0.4, -0.2) is 45.6 Å². The summed E-state index contributed by atoms with van der Waals surface area (Å²) in [7, 11) is 0. The molecule has 0 atom stereocenters. The van der Waals surface area contributed by atoms with Crippen molar-refractivity contribution in [2.75, 3.05) is 31.1 Å². The molecule has 7 heteroatoms. The number of aromatic nitrogens is 3. The number of fused-ring (bicyclic) bond motifs is 1. The van der Waals surface area contributed by atoms with Crippen LogP contribution in [0.4, 0.5) is 5.69 Å². The van der Waals surface area contributed by atoms with Gasteiger partial charge in [0.05, 0.1) is 30.0 Å². The lowest BCUT2D eigenvalue weighted by atomic mass is 10.1. The van der Waals surface area contributed by atoms with Crippen molar-refractivity contribution in [3.8, 4) is 0 Å². The van der Waals surface area contributed by atoms with E-state index in [-0.39, 0.29) is 5.56 Å². The van der Waals surface area contributed by atoms with Crippen LogP contribution in [0.2, 0.25) is 0 Å². The number of rotatable bonds is 4. The summed E-state index contributed by atoms with van der Waals surface area (Å²) in [6.07, 6.45) is 9.64. The number of piperazine rings is 1. The third-order valence-electron chi connectivity index (χ3n) is 6.07. The zero-order valence-electron chi connectivity index (χ0n) is 16.0. The molecule has 1 aliphatic carbocycles. The van der Waals surface area contributed by atoms with Gasteiger partial charge in [-0.1, -0.05) is 12.8 Å². The second kappa shape index (κ2) is 7.39. The predicted octanol–water partition coefficient (Wildman–Crippen LogP) is 2.82. The van der Waals surface area contributed by atoms with Gasteiger partial charge in [0, 0.05) is 37.9 Å². The molecule has 1 saturated carbocycles. The van der Waals surface area contributed by atoms with E-state index in [9.17, 15) is 4.79 Å². The maximum Gasteiger partial charge on any atom is 0.261 e. The average Bonchev–Trinajstić information content (AvgIpc) is 3.43. The van der Waals surface area contributed by atoms with Crippen LogP contribution in [0, 0.1) is 0 Å². The summed E-state index contributed by atoms with van der Waals surface area (Å²) in [6.45, 7) is 4.53. The molecule has 0 N–H and O–H groups in total. The van der Waals surface area contributed by atoms with Crippen LogP contribution >= 0.6 is 0 Å². The van der Waals surface area contributed by atoms with Crippen LogP contribution in [0.15, 0.2) is 46.2 Å². The second-order valence-corrected chi connectivity index (χ2v) is 7.79. The zero-order chi connectivity index (χ0) is 18.9. The van der Waals surface area contributed by atoms with Gasteiger partial charge in [0.15, 0.2) is 0 Å². The maximum absolute atomic E-state index is 12.9. The predicted molar refractivity (Wildman–Crippen MR) is 108 cm³/mol. The molecular formula is C21H25N5O2. The minimum absolute atomic E-state index is 0.0965. The maximum atomic E-state index is 12.9. The van der Waals surface area contributed by atoms with Gasteiger partial charge >= 0.3 is 0 Å². The lowest BCUT2D eigenvalue weighted by molar-refractivity contribution is 0.226. The first kappa shape index (κ1) is 17.4. The van der Waals surface area contributed by atoms with Crippen molar-refractivity contribution in [2.24, 2.45) is 0 Å². The summed E-state index contributed by atoms with van der Waals surface area (Å²) in [5.41, 5.74) is 2.02. The van der Waals surface area contributed by atoms with Crippen LogP contribution in [0.5, 0.6) is 0 Å². The average molecular weight is 379 g/mol. The summed E-state index contributed by atoms with van der Waals surface area (Å²) in [4.78, 5) is 26.4. The van der Waals surface area contributed by atoms with Gasteiger partial charge in [-0.3, -0.25) is 14.3 Å². The molecule has 0 bridgehead atoms. The van der Waals surface area contributed by atoms with Crippen molar-refractivity contribution in [2.45, 2.75) is 38.3 Å². The Balaban J connectivity index is 1.31. The van der Waals surface area contributed by atoms with E-state index < -0.39 is 0 Å². The number of oxazole rings is 1. The molecule has 2 aliphatic rings. The highest BCUT2D eigenvalue weighted by Gasteiger charge is 2.21. The Kier molecular flexibility index (Phi) is 4.60. The summed E-state index contributed by atoms with van der Waals surface area (Å²) in [5.74, 6) is 0.766. The molecule has 146 valence electrons. The lowest BCUT2D eigenvalue weighted by Gasteiger charge is -2.35. The Morgan fingerprint density at radius 2 is 1.89 bits per heavy atom. The van der Waals surface area contributed by atoms with Gasteiger partial charge < -0.3 is 9.32 Å². The molecule has 1 saturated heterocycles. The first-order valence-corrected chi connectivity index (χ1v) is 10.1. The Hall–Kier alpha value is -2.67. The second-order valence-electron chi connectivity index (χ2n) is 7.79. The fourth-order valence-electron chi connectivity index (χ4n) is 4.45. The van der Waals surface area contributed by atoms with Crippen LogP contribution in [0.3, 0.4) is 0 Å². The van der Waals surface area contributed by atoms with E-state index in [4.69, 9.17) is 4.42 Å². The van der Waals surface area contributed by atoms with Crippen molar-refractivity contribution >= 4 is 16.6 Å². The topological polar surface area (TPSA) is 67.4 Å². The molecule has 2 aromatic heterocycles. The quantitative estimate of drug-likeness (QED) is 0.694. The number of hydrogen-bond acceptors (Lipinski definition) is 6. The van der Waals surface area contributed by atoms with E-state index in [0.29, 0.717) is 6.04 Å². The highest BCUT2D eigenvalue weighted by Crippen LogP contribution is 2.28. The fourth-order valence-corrected chi connectivity index (χ4v) is 4.45. The Morgan fingerprint density at radius 3 is 2.64 bits per heavy atom. The first-order chi connectivity index (χ1) is 13.8. The Labute approximate surface area is 163 Å². The van der Waals surface area contributed by atoms with Gasteiger partial charge in [-0.05, 0) is 31.0 Å². The number of benzene rings is 1. The molecule has 0 radical (unpaired) electrons. The monoisotopic (exact) mass is 379 g/mol. The van der Waals surface area contributed by atoms with Gasteiger partial charge in [-0.2, -0.15) is 0 Å². The van der Waals surface area contributed by atoms with Gasteiger partial charge in [0.1, 0.15) is 6.26 Å². The molecule has 1 aromatic carbocycles. The normalized spacial score (nSPS) is 18.9. The summed E-state index contributed by atoms with van der Waals surface area (Å²) >= 11 is 0. The van der Waals surface area contributed by atoms with Crippen LogP contribution in [0.1, 0.15) is 37.6 Å². The van der Waals surface area contributed by atoms with Crippen molar-refractivity contribution in [3.63, 3.8) is 0 Å². The minimum atomic E-state index is 0.0965. The van der Waals surface area contributed by atoms with Crippen LogP contribution < -0.4 is 10.5 Å². The third kappa shape index (κ3) is 3.30. The Morgan fingerprint density at radius 1 is 1.07 bits per heavy atom. The van der Waals surface area contributed by atoms with E-state index in [1.165, 1.54) is 12.8 Å². The standard InChI is InChI=1S/C21H25N5O2/c27-21-18-6-5-17(13-19(18)23-15-26(21)16-3-1-2-4-16)25-10-8-24(9-11-25)14-20-22-7-12-28-20/h5-7,12-13,15-16H,1-4,8-11,14H2. The number of nitrogens with zero attached hydrogens (tertiary/aromatic N) is 5. The SMILES string of the molecule is O=c1c2ccc(N3CCN(Cc4ncco4)CC3)cc2ncn1C1CCCC1. The van der Waals surface area contributed by atoms with E-state index in [1.54, 1.807) is 18.8 Å². The van der Waals surface area contributed by atoms with Crippen molar-refractivity contribution in [3.05, 3.63) is 53.2 Å². The third-order valence-corrected chi connectivity index (χ3v) is 6.07. The van der Waals surface area contributed by atoms with E-state index in [1.807, 2.05) is 10.6 Å². The first-order valence-electron chi connectivity index (χ1n) is 10.1. The van der Waals surface area contributed by atoms with Crippen molar-refractivity contribution in [1.82, 2.24) is 19.4 Å². The molecule has 3 aromatic rings. The largest absolute Gasteiger partial charge is 0.448 e. The smallest absolute Gasteiger partial charge is 0.261 e. The summed E-state index contributed by atoms with van der Waals surface area (Å²) in [6, 6.07) is 6.39. The fraction of sp³-hybridized carbons (Fsp3) is 0.476. The molecular weight excluding hydrogens is 354 g/mol. The number of hydrogen-bond donors (Lipinski definition) is 0. The van der Waals surface area contributed by atoms with Gasteiger partial charge in [0.25, 0.3) is 5.56 Å². The number of anilines is 1. The highest BCUT2D eigenvalue weighted by atomic mass is 16.3.